The molecule has 3 heteroatoms. The first-order chi connectivity index (χ1) is 10.1. The van der Waals surface area contributed by atoms with E-state index in [1.807, 2.05) is 25.1 Å². The predicted molar refractivity (Wildman–Crippen MR) is 84.0 cm³/mol. The van der Waals surface area contributed by atoms with Gasteiger partial charge in [0.1, 0.15) is 5.75 Å². The number of hydrogen-bond donors (Lipinski definition) is 0. The topological polar surface area (TPSA) is 29.5 Å². The summed E-state index contributed by atoms with van der Waals surface area (Å²) in [5.74, 6) is 1.27. The predicted octanol–water partition coefficient (Wildman–Crippen LogP) is 3.45. The van der Waals surface area contributed by atoms with E-state index in [2.05, 4.69) is 11.9 Å². The summed E-state index contributed by atoms with van der Waals surface area (Å²) in [7, 11) is 3.88. The highest BCUT2D eigenvalue weighted by molar-refractivity contribution is 5.99. The van der Waals surface area contributed by atoms with E-state index in [0.29, 0.717) is 17.9 Å². The van der Waals surface area contributed by atoms with Crippen molar-refractivity contribution in [2.45, 2.75) is 51.1 Å². The van der Waals surface area contributed by atoms with Crippen molar-refractivity contribution in [3.8, 4) is 5.75 Å². The van der Waals surface area contributed by atoms with Crippen molar-refractivity contribution in [1.29, 1.82) is 0 Å². The molecule has 0 saturated carbocycles. The van der Waals surface area contributed by atoms with Gasteiger partial charge in [0.15, 0.2) is 5.78 Å². The molecular formula is C18H25NO2. The molecule has 0 radical (unpaired) electrons. The van der Waals surface area contributed by atoms with Gasteiger partial charge >= 0.3 is 0 Å². The van der Waals surface area contributed by atoms with E-state index in [4.69, 9.17) is 4.74 Å². The van der Waals surface area contributed by atoms with Crippen LogP contribution in [0, 0.1) is 12.8 Å². The van der Waals surface area contributed by atoms with Crippen LogP contribution < -0.4 is 4.74 Å². The zero-order chi connectivity index (χ0) is 15.0. The number of ether oxygens (including phenoxy) is 1. The molecule has 0 amide bonds. The van der Waals surface area contributed by atoms with Crippen molar-refractivity contribution in [3.05, 3.63) is 29.3 Å². The lowest BCUT2D eigenvalue weighted by atomic mass is 9.75. The van der Waals surface area contributed by atoms with E-state index >= 15 is 0 Å². The molecule has 2 heterocycles. The number of carbonyl (C=O) groups is 1. The Morgan fingerprint density at radius 2 is 1.90 bits per heavy atom. The van der Waals surface area contributed by atoms with Gasteiger partial charge in [0, 0.05) is 23.6 Å². The number of ketones is 1. The first kappa shape index (κ1) is 14.6. The van der Waals surface area contributed by atoms with Crippen LogP contribution in [0.3, 0.4) is 0 Å². The zero-order valence-corrected chi connectivity index (χ0v) is 13.3. The second-order valence-corrected chi connectivity index (χ2v) is 6.62. The van der Waals surface area contributed by atoms with E-state index in [-0.39, 0.29) is 5.92 Å². The molecule has 1 aromatic carbocycles. The zero-order valence-electron chi connectivity index (χ0n) is 13.3. The van der Waals surface area contributed by atoms with Crippen molar-refractivity contribution in [3.63, 3.8) is 0 Å². The Hall–Kier alpha value is -1.35. The molecule has 21 heavy (non-hydrogen) atoms. The minimum absolute atomic E-state index is 0.183. The second kappa shape index (κ2) is 5.80. The number of piperidine rings is 2. The molecule has 0 aromatic heterocycles. The molecule has 1 aromatic rings. The lowest BCUT2D eigenvalue weighted by Gasteiger charge is -2.46. The summed E-state index contributed by atoms with van der Waals surface area (Å²) in [6.07, 6.45) is 5.84. The van der Waals surface area contributed by atoms with Crippen LogP contribution in [-0.4, -0.2) is 36.9 Å². The van der Waals surface area contributed by atoms with Gasteiger partial charge in [0.2, 0.25) is 0 Å². The van der Waals surface area contributed by atoms with Crippen LogP contribution in [0.5, 0.6) is 5.75 Å². The molecule has 114 valence electrons. The quantitative estimate of drug-likeness (QED) is 0.798. The van der Waals surface area contributed by atoms with Gasteiger partial charge < -0.3 is 9.64 Å². The number of aryl methyl sites for hydroxylation is 1. The molecule has 0 spiro atoms. The summed E-state index contributed by atoms with van der Waals surface area (Å²) < 4.78 is 5.28. The summed E-state index contributed by atoms with van der Waals surface area (Å²) in [5, 5.41) is 0. The Morgan fingerprint density at radius 3 is 2.52 bits per heavy atom. The maximum Gasteiger partial charge on any atom is 0.166 e. The number of carbonyl (C=O) groups excluding carboxylic acids is 1. The van der Waals surface area contributed by atoms with E-state index in [1.54, 1.807) is 7.11 Å². The fraction of sp³-hybridized carbons (Fsp3) is 0.611. The first-order valence-electron chi connectivity index (χ1n) is 8.01. The van der Waals surface area contributed by atoms with Crippen molar-refractivity contribution in [2.75, 3.05) is 14.2 Å². The molecule has 2 bridgehead atoms. The summed E-state index contributed by atoms with van der Waals surface area (Å²) in [6, 6.07) is 7.01. The Balaban J connectivity index is 1.82. The number of methoxy groups -OCH3 is 1. The van der Waals surface area contributed by atoms with Gasteiger partial charge in [-0.1, -0.05) is 12.5 Å². The monoisotopic (exact) mass is 287 g/mol. The summed E-state index contributed by atoms with van der Waals surface area (Å²) in [6.45, 7) is 2.02. The van der Waals surface area contributed by atoms with Crippen LogP contribution in [0.4, 0.5) is 0 Å². The van der Waals surface area contributed by atoms with Crippen molar-refractivity contribution >= 4 is 5.78 Å². The van der Waals surface area contributed by atoms with E-state index < -0.39 is 0 Å². The number of benzene rings is 1. The molecule has 2 aliphatic rings. The Bertz CT molecular complexity index is 526. The van der Waals surface area contributed by atoms with Crippen LogP contribution in [0.25, 0.3) is 0 Å². The fourth-order valence-electron chi connectivity index (χ4n) is 4.04. The number of hydrogen-bond acceptors (Lipinski definition) is 3. The van der Waals surface area contributed by atoms with Crippen LogP contribution in [0.15, 0.2) is 18.2 Å². The van der Waals surface area contributed by atoms with Crippen molar-refractivity contribution in [1.82, 2.24) is 4.90 Å². The fourth-order valence-corrected chi connectivity index (χ4v) is 4.04. The minimum Gasteiger partial charge on any atom is -0.497 e. The highest BCUT2D eigenvalue weighted by Crippen LogP contribution is 2.37. The molecule has 2 saturated heterocycles. The van der Waals surface area contributed by atoms with Gasteiger partial charge in [-0.05, 0) is 57.4 Å². The molecule has 0 aliphatic carbocycles. The van der Waals surface area contributed by atoms with Crippen LogP contribution >= 0.6 is 0 Å². The average Bonchev–Trinajstić information content (AvgIpc) is 2.47. The number of fused-ring (bicyclic) bond motifs is 2. The average molecular weight is 287 g/mol. The van der Waals surface area contributed by atoms with Crippen molar-refractivity contribution in [2.24, 2.45) is 5.92 Å². The third kappa shape index (κ3) is 2.71. The molecule has 3 nitrogen and oxygen atoms in total. The Labute approximate surface area is 127 Å². The Morgan fingerprint density at radius 1 is 1.24 bits per heavy atom. The number of Topliss-reactive ketones (excluding diaryl/α,β-unsaturated/α-hetero) is 1. The number of rotatable bonds is 3. The second-order valence-electron chi connectivity index (χ2n) is 6.62. The highest BCUT2D eigenvalue weighted by atomic mass is 16.5. The molecule has 2 fully saturated rings. The molecule has 2 atom stereocenters. The maximum absolute atomic E-state index is 13.0. The largest absolute Gasteiger partial charge is 0.497 e. The smallest absolute Gasteiger partial charge is 0.166 e. The summed E-state index contributed by atoms with van der Waals surface area (Å²) in [4.78, 5) is 15.5. The third-order valence-electron chi connectivity index (χ3n) is 5.42. The third-order valence-corrected chi connectivity index (χ3v) is 5.42. The minimum atomic E-state index is 0.183. The summed E-state index contributed by atoms with van der Waals surface area (Å²) >= 11 is 0. The molecule has 3 rings (SSSR count). The molecular weight excluding hydrogens is 262 g/mol. The normalized spacial score (nSPS) is 29.2. The van der Waals surface area contributed by atoms with Gasteiger partial charge in [0.25, 0.3) is 0 Å². The van der Waals surface area contributed by atoms with Crippen LogP contribution in [0.1, 0.15) is 48.0 Å². The first-order valence-corrected chi connectivity index (χ1v) is 8.01. The van der Waals surface area contributed by atoms with Gasteiger partial charge in [-0.25, -0.2) is 0 Å². The maximum atomic E-state index is 13.0. The van der Waals surface area contributed by atoms with E-state index in [0.717, 1.165) is 29.7 Å². The van der Waals surface area contributed by atoms with Gasteiger partial charge in [-0.15, -0.1) is 0 Å². The van der Waals surface area contributed by atoms with E-state index in [9.17, 15) is 4.79 Å². The number of nitrogens with zero attached hydrogens (tertiary/aromatic N) is 1. The highest BCUT2D eigenvalue weighted by Gasteiger charge is 2.39. The van der Waals surface area contributed by atoms with E-state index in [1.165, 1.54) is 19.3 Å². The molecule has 2 aliphatic heterocycles. The van der Waals surface area contributed by atoms with Crippen LogP contribution in [0.2, 0.25) is 0 Å². The molecule has 2 unspecified atom stereocenters. The lowest BCUT2D eigenvalue weighted by Crippen LogP contribution is -2.51. The summed E-state index contributed by atoms with van der Waals surface area (Å²) in [5.41, 5.74) is 1.91. The Kier molecular flexibility index (Phi) is 4.03. The standard InChI is InChI=1S/C18H25NO2/c1-12-7-8-16(21-3)11-17(12)18(20)13-9-14-5-4-6-15(10-13)19(14)2/h7-8,11,13-15H,4-6,9-10H2,1-3H3. The lowest BCUT2D eigenvalue weighted by molar-refractivity contribution is 0.0338. The van der Waals surface area contributed by atoms with Gasteiger partial charge in [-0.3, -0.25) is 4.79 Å². The van der Waals surface area contributed by atoms with Crippen LogP contribution in [-0.2, 0) is 0 Å². The van der Waals surface area contributed by atoms with Crippen molar-refractivity contribution < 1.29 is 9.53 Å². The van der Waals surface area contributed by atoms with Gasteiger partial charge in [-0.2, -0.15) is 0 Å². The molecule has 0 N–H and O–H groups in total. The van der Waals surface area contributed by atoms with Gasteiger partial charge in [0.05, 0.1) is 7.11 Å². The SMILES string of the molecule is COc1ccc(C)c(C(=O)C2CC3CCCC(C2)N3C)c1.